The Labute approximate surface area is 148 Å². The molecule has 0 aliphatic heterocycles. The maximum Gasteiger partial charge on any atom is 1.00 e. The van der Waals surface area contributed by atoms with Crippen molar-refractivity contribution in [1.29, 1.82) is 0 Å². The molecule has 2 aromatic rings. The van der Waals surface area contributed by atoms with Gasteiger partial charge < -0.3 is 6.16 Å². The first-order valence-electron chi connectivity index (χ1n) is 4.29. The molecule has 5 heteroatoms. The van der Waals surface area contributed by atoms with Crippen LogP contribution < -0.4 is 56.1 Å². The van der Waals surface area contributed by atoms with Gasteiger partial charge in [-0.05, 0) is 17.5 Å². The van der Waals surface area contributed by atoms with Gasteiger partial charge in [0.05, 0.1) is 0 Å². The summed E-state index contributed by atoms with van der Waals surface area (Å²) < 4.78 is 4.98. The second kappa shape index (κ2) is 7.55. The van der Waals surface area contributed by atoms with Crippen LogP contribution in [0.2, 0.25) is 0 Å². The molecule has 0 unspecified atom stereocenters. The van der Waals surface area contributed by atoms with Crippen molar-refractivity contribution in [3.05, 3.63) is 36.5 Å². The summed E-state index contributed by atoms with van der Waals surface area (Å²) in [5.74, 6) is 0.0180. The number of fused-ring (bicyclic) bond motifs is 1. The first-order valence-corrected chi connectivity index (χ1v) is 4.29. The van der Waals surface area contributed by atoms with Crippen LogP contribution in [0, 0.1) is 0 Å². The Hall–Kier alpha value is 0.243. The van der Waals surface area contributed by atoms with Gasteiger partial charge in [-0.3, -0.25) is 4.79 Å². The monoisotopic (exact) mass is 286 g/mol. The molecule has 0 atom stereocenters. The predicted octanol–water partition coefficient (Wildman–Crippen LogP) is -0.726. The third-order valence-electron chi connectivity index (χ3n) is 1.88. The Kier molecular flexibility index (Phi) is 7.66. The molecular formula is C11H10CoKNO2. The molecule has 0 fully saturated rings. The van der Waals surface area contributed by atoms with Crippen molar-refractivity contribution in [3.8, 4) is 5.88 Å². The SMILES string of the molecule is CC(=O)Oc1nccc2ccccc12.[Co].[H-].[K+]. The molecule has 0 saturated carbocycles. The van der Waals surface area contributed by atoms with Gasteiger partial charge in [-0.1, -0.05) is 18.2 Å². The summed E-state index contributed by atoms with van der Waals surface area (Å²) in [5, 5.41) is 1.86. The summed E-state index contributed by atoms with van der Waals surface area (Å²) in [7, 11) is 0. The van der Waals surface area contributed by atoms with Crippen molar-refractivity contribution >= 4 is 16.7 Å². The number of ether oxygens (including phenoxy) is 1. The number of benzene rings is 1. The topological polar surface area (TPSA) is 39.2 Å². The van der Waals surface area contributed by atoms with Gasteiger partial charge in [-0.2, -0.15) is 0 Å². The maximum atomic E-state index is 10.8. The van der Waals surface area contributed by atoms with Crippen LogP contribution in [0.4, 0.5) is 0 Å². The van der Waals surface area contributed by atoms with Crippen LogP contribution in [-0.4, -0.2) is 11.0 Å². The predicted molar refractivity (Wildman–Crippen MR) is 54.2 cm³/mol. The Morgan fingerprint density at radius 2 is 2.00 bits per heavy atom. The fourth-order valence-electron chi connectivity index (χ4n) is 1.31. The van der Waals surface area contributed by atoms with Gasteiger partial charge in [0.1, 0.15) is 0 Å². The molecule has 1 heterocycles. The smallest absolute Gasteiger partial charge is 1.00 e. The van der Waals surface area contributed by atoms with Crippen LogP contribution in [0.15, 0.2) is 36.5 Å². The van der Waals surface area contributed by atoms with Crippen LogP contribution in [0.1, 0.15) is 8.35 Å². The number of pyridine rings is 1. The molecule has 2 rings (SSSR count). The number of hydrogen-bond donors (Lipinski definition) is 0. The molecule has 3 nitrogen and oxygen atoms in total. The number of aromatic nitrogens is 1. The third kappa shape index (κ3) is 3.92. The minimum Gasteiger partial charge on any atom is -1.00 e. The Morgan fingerprint density at radius 3 is 2.69 bits per heavy atom. The van der Waals surface area contributed by atoms with E-state index in [1.165, 1.54) is 6.92 Å². The molecule has 0 spiro atoms. The van der Waals surface area contributed by atoms with E-state index in [9.17, 15) is 4.79 Å². The molecule has 16 heavy (non-hydrogen) atoms. The van der Waals surface area contributed by atoms with Crippen LogP contribution in [0.3, 0.4) is 0 Å². The van der Waals surface area contributed by atoms with Crippen LogP contribution >= 0.6 is 0 Å². The Balaban J connectivity index is 0. The van der Waals surface area contributed by atoms with Crippen LogP contribution in [-0.2, 0) is 21.6 Å². The van der Waals surface area contributed by atoms with E-state index in [-0.39, 0.29) is 75.6 Å². The molecule has 1 aromatic heterocycles. The molecule has 0 bridgehead atoms. The fraction of sp³-hybridized carbons (Fsp3) is 0.0909. The van der Waals surface area contributed by atoms with Crippen LogP contribution in [0.25, 0.3) is 10.8 Å². The van der Waals surface area contributed by atoms with Gasteiger partial charge in [-0.25, -0.2) is 4.98 Å². The summed E-state index contributed by atoms with van der Waals surface area (Å²) in [6, 6.07) is 9.52. The van der Waals surface area contributed by atoms with Crippen molar-refractivity contribution in [2.45, 2.75) is 6.92 Å². The molecule has 81 valence electrons. The molecule has 0 N–H and O–H groups in total. The van der Waals surface area contributed by atoms with Gasteiger partial charge in [0.2, 0.25) is 5.88 Å². The van der Waals surface area contributed by atoms with Gasteiger partial charge in [0, 0.05) is 35.3 Å². The van der Waals surface area contributed by atoms with E-state index in [1.807, 2.05) is 30.3 Å². The summed E-state index contributed by atoms with van der Waals surface area (Å²) in [6.45, 7) is 1.36. The molecule has 1 aromatic carbocycles. The molecule has 0 saturated heterocycles. The zero-order valence-corrected chi connectivity index (χ0v) is 13.2. The molecule has 0 aliphatic carbocycles. The number of hydrogen-bond acceptors (Lipinski definition) is 3. The third-order valence-corrected chi connectivity index (χ3v) is 1.88. The van der Waals surface area contributed by atoms with Crippen molar-refractivity contribution in [2.24, 2.45) is 0 Å². The largest absolute Gasteiger partial charge is 1.00 e. The van der Waals surface area contributed by atoms with E-state index in [0.717, 1.165) is 10.8 Å². The van der Waals surface area contributed by atoms with Crippen molar-refractivity contribution in [2.75, 3.05) is 0 Å². The Bertz CT molecular complexity index is 490. The van der Waals surface area contributed by atoms with Gasteiger partial charge in [0.15, 0.2) is 0 Å². The molecular weight excluding hydrogens is 276 g/mol. The number of esters is 1. The summed E-state index contributed by atoms with van der Waals surface area (Å²) in [5.41, 5.74) is 0. The standard InChI is InChI=1S/C11H9NO2.Co.K.H/c1-8(13)14-11-10-5-3-2-4-9(10)6-7-12-11;;;/h2-7H,1H3;;;/q;;+1;-1. The molecule has 0 aliphatic rings. The van der Waals surface area contributed by atoms with Gasteiger partial charge in [-0.15, -0.1) is 0 Å². The van der Waals surface area contributed by atoms with E-state index < -0.39 is 0 Å². The van der Waals surface area contributed by atoms with E-state index in [2.05, 4.69) is 4.98 Å². The molecule has 0 amide bonds. The zero-order valence-electron chi connectivity index (χ0n) is 10.1. The first kappa shape index (κ1) is 16.2. The summed E-state index contributed by atoms with van der Waals surface area (Å²) in [6.07, 6.45) is 1.63. The van der Waals surface area contributed by atoms with Crippen molar-refractivity contribution < 1.29 is 79.1 Å². The fourth-order valence-corrected chi connectivity index (χ4v) is 1.31. The first-order chi connectivity index (χ1) is 6.77. The second-order valence-electron chi connectivity index (χ2n) is 2.93. The van der Waals surface area contributed by atoms with Gasteiger partial charge in [0.25, 0.3) is 0 Å². The molecule has 1 radical (unpaired) electrons. The van der Waals surface area contributed by atoms with Crippen LogP contribution in [0.5, 0.6) is 5.88 Å². The summed E-state index contributed by atoms with van der Waals surface area (Å²) in [4.78, 5) is 14.8. The zero-order chi connectivity index (χ0) is 9.97. The second-order valence-corrected chi connectivity index (χ2v) is 2.93. The van der Waals surface area contributed by atoms with E-state index in [4.69, 9.17) is 4.74 Å². The number of rotatable bonds is 1. The average Bonchev–Trinajstić information content (AvgIpc) is 2.18. The van der Waals surface area contributed by atoms with E-state index in [1.54, 1.807) is 6.20 Å². The van der Waals surface area contributed by atoms with E-state index >= 15 is 0 Å². The van der Waals surface area contributed by atoms with E-state index in [0.29, 0.717) is 5.88 Å². The van der Waals surface area contributed by atoms with Gasteiger partial charge >= 0.3 is 57.4 Å². The number of carbonyl (C=O) groups excluding carboxylic acids is 1. The minimum absolute atomic E-state index is 0. The van der Waals surface area contributed by atoms with Crippen molar-refractivity contribution in [1.82, 2.24) is 4.98 Å². The quantitative estimate of drug-likeness (QED) is 0.513. The maximum absolute atomic E-state index is 10.8. The average molecular weight is 286 g/mol. The normalized spacial score (nSPS) is 8.81. The minimum atomic E-state index is -0.353. The Morgan fingerprint density at radius 1 is 1.31 bits per heavy atom. The number of nitrogens with zero attached hydrogens (tertiary/aromatic N) is 1. The van der Waals surface area contributed by atoms with Crippen molar-refractivity contribution in [3.63, 3.8) is 0 Å². The summed E-state index contributed by atoms with van der Waals surface area (Å²) >= 11 is 0. The number of carbonyl (C=O) groups is 1.